The Morgan fingerprint density at radius 1 is 1.21 bits per heavy atom. The highest BCUT2D eigenvalue weighted by molar-refractivity contribution is 7.18. The van der Waals surface area contributed by atoms with Crippen molar-refractivity contribution in [2.75, 3.05) is 18.5 Å². The number of aliphatic hydroxyl groups is 1. The highest BCUT2D eigenvalue weighted by Crippen LogP contribution is 2.29. The molecule has 2 rings (SSSR count). The first-order valence-electron chi connectivity index (χ1n) is 8.17. The van der Waals surface area contributed by atoms with Crippen molar-refractivity contribution in [1.82, 2.24) is 15.5 Å². The van der Waals surface area contributed by atoms with Crippen LogP contribution in [0.25, 0.3) is 10.6 Å². The van der Waals surface area contributed by atoms with E-state index in [0.717, 1.165) is 23.4 Å². The first kappa shape index (κ1) is 18.4. The molecule has 3 N–H and O–H groups in total. The summed E-state index contributed by atoms with van der Waals surface area (Å²) in [5, 5.41) is 24.2. The number of benzene rings is 1. The molecule has 1 heterocycles. The van der Waals surface area contributed by atoms with Gasteiger partial charge in [-0.25, -0.2) is 4.79 Å². The van der Waals surface area contributed by atoms with Crippen molar-refractivity contribution in [3.63, 3.8) is 0 Å². The van der Waals surface area contributed by atoms with Crippen molar-refractivity contribution < 1.29 is 9.90 Å². The zero-order chi connectivity index (χ0) is 17.4. The van der Waals surface area contributed by atoms with Gasteiger partial charge >= 0.3 is 6.03 Å². The van der Waals surface area contributed by atoms with Crippen LogP contribution in [0.4, 0.5) is 9.93 Å². The average molecular weight is 348 g/mol. The third-order valence-electron chi connectivity index (χ3n) is 4.43. The van der Waals surface area contributed by atoms with E-state index in [-0.39, 0.29) is 18.1 Å². The van der Waals surface area contributed by atoms with E-state index < -0.39 is 0 Å². The largest absolute Gasteiger partial charge is 0.396 e. The van der Waals surface area contributed by atoms with Crippen LogP contribution in [0.15, 0.2) is 30.3 Å². The van der Waals surface area contributed by atoms with Crippen LogP contribution in [0.2, 0.25) is 0 Å². The van der Waals surface area contributed by atoms with E-state index in [4.69, 9.17) is 0 Å². The van der Waals surface area contributed by atoms with Crippen molar-refractivity contribution in [1.29, 1.82) is 0 Å². The molecule has 6 nitrogen and oxygen atoms in total. The summed E-state index contributed by atoms with van der Waals surface area (Å²) in [6, 6.07) is 9.43. The SMILES string of the molecule is CCC(CC)(CCO)CNC(=O)Nc1nnc(-c2ccccc2)s1. The Balaban J connectivity index is 1.92. The number of hydrogen-bond acceptors (Lipinski definition) is 5. The Morgan fingerprint density at radius 3 is 2.54 bits per heavy atom. The van der Waals surface area contributed by atoms with Crippen LogP contribution in [0.1, 0.15) is 33.1 Å². The molecule has 0 radical (unpaired) electrons. The number of rotatable bonds is 8. The topological polar surface area (TPSA) is 87.1 Å². The average Bonchev–Trinajstić information content (AvgIpc) is 3.08. The lowest BCUT2D eigenvalue weighted by Gasteiger charge is -2.31. The number of carbonyl (C=O) groups is 1. The molecule has 7 heteroatoms. The number of nitrogens with zero attached hydrogens (tertiary/aromatic N) is 2. The Bertz CT molecular complexity index is 641. The van der Waals surface area contributed by atoms with Gasteiger partial charge in [-0.1, -0.05) is 55.5 Å². The lowest BCUT2D eigenvalue weighted by atomic mass is 9.79. The zero-order valence-electron chi connectivity index (χ0n) is 14.1. The van der Waals surface area contributed by atoms with E-state index >= 15 is 0 Å². The van der Waals surface area contributed by atoms with E-state index in [1.54, 1.807) is 0 Å². The molecule has 0 unspecified atom stereocenters. The van der Waals surface area contributed by atoms with Crippen LogP contribution in [-0.4, -0.2) is 34.5 Å². The summed E-state index contributed by atoms with van der Waals surface area (Å²) in [5.74, 6) is 0. The summed E-state index contributed by atoms with van der Waals surface area (Å²) in [5.41, 5.74) is 0.907. The molecule has 0 aliphatic carbocycles. The van der Waals surface area contributed by atoms with Crippen LogP contribution < -0.4 is 10.6 Å². The van der Waals surface area contributed by atoms with Gasteiger partial charge in [0.15, 0.2) is 0 Å². The molecule has 0 saturated carbocycles. The maximum atomic E-state index is 12.1. The number of carbonyl (C=O) groups excluding carboxylic acids is 1. The number of anilines is 1. The number of urea groups is 1. The fraction of sp³-hybridized carbons (Fsp3) is 0.471. The summed E-state index contributed by atoms with van der Waals surface area (Å²) in [6.07, 6.45) is 2.49. The van der Waals surface area contributed by atoms with Gasteiger partial charge in [0.25, 0.3) is 0 Å². The van der Waals surface area contributed by atoms with E-state index in [1.165, 1.54) is 11.3 Å². The normalized spacial score (nSPS) is 11.3. The van der Waals surface area contributed by atoms with Crippen molar-refractivity contribution >= 4 is 22.5 Å². The monoisotopic (exact) mass is 348 g/mol. The molecule has 2 aromatic rings. The molecule has 0 bridgehead atoms. The Hall–Kier alpha value is -1.99. The van der Waals surface area contributed by atoms with Gasteiger partial charge in [0, 0.05) is 18.7 Å². The summed E-state index contributed by atoms with van der Waals surface area (Å²) in [6.45, 7) is 4.81. The Kier molecular flexibility index (Phi) is 6.69. The molecule has 24 heavy (non-hydrogen) atoms. The lowest BCUT2D eigenvalue weighted by Crippen LogP contribution is -2.39. The van der Waals surface area contributed by atoms with Crippen LogP contribution in [0.5, 0.6) is 0 Å². The molecule has 0 saturated heterocycles. The van der Waals surface area contributed by atoms with E-state index in [0.29, 0.717) is 18.1 Å². The second-order valence-electron chi connectivity index (χ2n) is 5.77. The molecular formula is C17H24N4O2S. The van der Waals surface area contributed by atoms with Crippen LogP contribution in [-0.2, 0) is 0 Å². The molecule has 0 spiro atoms. The van der Waals surface area contributed by atoms with Gasteiger partial charge in [0.1, 0.15) is 5.01 Å². The molecule has 0 fully saturated rings. The minimum absolute atomic E-state index is 0.0670. The fourth-order valence-electron chi connectivity index (χ4n) is 2.56. The number of nitrogens with one attached hydrogen (secondary N) is 2. The highest BCUT2D eigenvalue weighted by Gasteiger charge is 2.26. The van der Waals surface area contributed by atoms with Crippen LogP contribution >= 0.6 is 11.3 Å². The minimum atomic E-state index is -0.296. The van der Waals surface area contributed by atoms with Crippen molar-refractivity contribution in [3.8, 4) is 10.6 Å². The molecular weight excluding hydrogens is 324 g/mol. The zero-order valence-corrected chi connectivity index (χ0v) is 14.9. The van der Waals surface area contributed by atoms with Crippen molar-refractivity contribution in [2.24, 2.45) is 5.41 Å². The summed E-state index contributed by atoms with van der Waals surface area (Å²) < 4.78 is 0. The smallest absolute Gasteiger partial charge is 0.321 e. The maximum Gasteiger partial charge on any atom is 0.321 e. The van der Waals surface area contributed by atoms with E-state index in [1.807, 2.05) is 30.3 Å². The molecule has 0 aliphatic heterocycles. The molecule has 130 valence electrons. The predicted molar refractivity (Wildman–Crippen MR) is 97.1 cm³/mol. The third-order valence-corrected chi connectivity index (χ3v) is 5.32. The van der Waals surface area contributed by atoms with Gasteiger partial charge in [0.2, 0.25) is 5.13 Å². The molecule has 0 atom stereocenters. The fourth-order valence-corrected chi connectivity index (χ4v) is 3.30. The molecule has 1 aromatic carbocycles. The molecule has 1 aromatic heterocycles. The first-order chi connectivity index (χ1) is 11.6. The third kappa shape index (κ3) is 4.75. The van der Waals surface area contributed by atoms with Crippen LogP contribution in [0, 0.1) is 5.41 Å². The Labute approximate surface area is 146 Å². The van der Waals surface area contributed by atoms with Gasteiger partial charge in [0.05, 0.1) is 0 Å². The minimum Gasteiger partial charge on any atom is -0.396 e. The van der Waals surface area contributed by atoms with Gasteiger partial charge in [-0.05, 0) is 24.7 Å². The summed E-state index contributed by atoms with van der Waals surface area (Å²) in [7, 11) is 0. The lowest BCUT2D eigenvalue weighted by molar-refractivity contribution is 0.165. The van der Waals surface area contributed by atoms with E-state index in [2.05, 4.69) is 34.7 Å². The van der Waals surface area contributed by atoms with Gasteiger partial charge < -0.3 is 10.4 Å². The summed E-state index contributed by atoms with van der Waals surface area (Å²) in [4.78, 5) is 12.1. The van der Waals surface area contributed by atoms with Gasteiger partial charge in [-0.15, -0.1) is 10.2 Å². The molecule has 0 aliphatic rings. The number of hydrogen-bond donors (Lipinski definition) is 3. The highest BCUT2D eigenvalue weighted by atomic mass is 32.1. The van der Waals surface area contributed by atoms with Gasteiger partial charge in [-0.3, -0.25) is 5.32 Å². The quantitative estimate of drug-likeness (QED) is 0.681. The predicted octanol–water partition coefficient (Wildman–Crippen LogP) is 3.52. The molecule has 2 amide bonds. The second-order valence-corrected chi connectivity index (χ2v) is 6.74. The van der Waals surface area contributed by atoms with Crippen molar-refractivity contribution in [2.45, 2.75) is 33.1 Å². The summed E-state index contributed by atoms with van der Waals surface area (Å²) >= 11 is 1.34. The second kappa shape index (κ2) is 8.75. The van der Waals surface area contributed by atoms with Crippen molar-refractivity contribution in [3.05, 3.63) is 30.3 Å². The first-order valence-corrected chi connectivity index (χ1v) is 8.98. The van der Waals surface area contributed by atoms with E-state index in [9.17, 15) is 9.90 Å². The Morgan fingerprint density at radius 2 is 1.92 bits per heavy atom. The van der Waals surface area contributed by atoms with Crippen LogP contribution in [0.3, 0.4) is 0 Å². The number of aromatic nitrogens is 2. The maximum absolute atomic E-state index is 12.1. The number of aliphatic hydroxyl groups excluding tert-OH is 1. The van der Waals surface area contributed by atoms with Gasteiger partial charge in [-0.2, -0.15) is 0 Å². The number of amides is 2. The standard InChI is InChI=1S/C17H24N4O2S/c1-3-17(4-2,10-11-22)12-18-15(23)19-16-21-20-14(24-16)13-8-6-5-7-9-13/h5-9,22H,3-4,10-12H2,1-2H3,(H2,18,19,21,23).